The molecule has 8 nitrogen and oxygen atoms in total. The van der Waals surface area contributed by atoms with Crippen LogP contribution in [0, 0.1) is 0 Å². The first-order valence-electron chi connectivity index (χ1n) is 6.34. The van der Waals surface area contributed by atoms with E-state index in [0.29, 0.717) is 65.8 Å². The third-order valence-corrected chi connectivity index (χ3v) is 1.96. The zero-order valence-corrected chi connectivity index (χ0v) is 11.2. The van der Waals surface area contributed by atoms with Gasteiger partial charge in [0, 0.05) is 24.7 Å². The molecule has 0 rings (SSSR count). The monoisotopic (exact) mass is 277 g/mol. The van der Waals surface area contributed by atoms with Crippen molar-refractivity contribution in [3.8, 4) is 0 Å². The second-order valence-corrected chi connectivity index (χ2v) is 3.48. The first-order chi connectivity index (χ1) is 9.41. The van der Waals surface area contributed by atoms with Crippen LogP contribution in [0.4, 0.5) is 0 Å². The first kappa shape index (κ1) is 18.1. The fraction of sp³-hybridized carbons (Fsp3) is 1.00. The van der Waals surface area contributed by atoms with Crippen molar-refractivity contribution in [2.75, 3.05) is 66.0 Å². The number of hydrogen-bond donors (Lipinski definition) is 1. The second kappa shape index (κ2) is 17.1. The van der Waals surface area contributed by atoms with Crippen molar-refractivity contribution < 1.29 is 24.1 Å². The van der Waals surface area contributed by atoms with E-state index in [0.717, 1.165) is 0 Å². The van der Waals surface area contributed by atoms with E-state index in [1.165, 1.54) is 0 Å². The molecule has 0 aromatic heterocycles. The van der Waals surface area contributed by atoms with Gasteiger partial charge in [-0.05, 0) is 12.0 Å². The molecule has 0 fully saturated rings. The molecular formula is C11H23N3O5. The number of aliphatic hydroxyl groups excluding tert-OH is 1. The molecule has 0 spiro atoms. The fourth-order valence-corrected chi connectivity index (χ4v) is 1.08. The molecule has 19 heavy (non-hydrogen) atoms. The lowest BCUT2D eigenvalue weighted by Crippen LogP contribution is -2.12. The van der Waals surface area contributed by atoms with Gasteiger partial charge in [-0.2, -0.15) is 0 Å². The van der Waals surface area contributed by atoms with Crippen LogP contribution in [0.2, 0.25) is 0 Å². The molecule has 0 aromatic rings. The summed E-state index contributed by atoms with van der Waals surface area (Å²) in [5.74, 6) is 0. The van der Waals surface area contributed by atoms with E-state index in [9.17, 15) is 0 Å². The average molecular weight is 277 g/mol. The normalized spacial score (nSPS) is 10.4. The molecule has 0 amide bonds. The minimum atomic E-state index is 0.152. The summed E-state index contributed by atoms with van der Waals surface area (Å²) in [5, 5.41) is 11.8. The van der Waals surface area contributed by atoms with Gasteiger partial charge in [0.25, 0.3) is 0 Å². The predicted octanol–water partition coefficient (Wildman–Crippen LogP) is 0.745. The highest BCUT2D eigenvalue weighted by Crippen LogP contribution is 1.84. The van der Waals surface area contributed by atoms with Crippen LogP contribution in [0.15, 0.2) is 5.11 Å². The van der Waals surface area contributed by atoms with Gasteiger partial charge >= 0.3 is 0 Å². The fourth-order valence-electron chi connectivity index (χ4n) is 1.08. The quantitative estimate of drug-likeness (QED) is 0.206. The van der Waals surface area contributed by atoms with Crippen molar-refractivity contribution >= 4 is 0 Å². The van der Waals surface area contributed by atoms with Crippen LogP contribution in [-0.2, 0) is 18.9 Å². The number of nitrogens with zero attached hydrogens (tertiary/aromatic N) is 3. The van der Waals surface area contributed by atoms with E-state index in [1.807, 2.05) is 0 Å². The Kier molecular flexibility index (Phi) is 16.3. The third-order valence-electron chi connectivity index (χ3n) is 1.96. The van der Waals surface area contributed by atoms with Crippen LogP contribution < -0.4 is 0 Å². The van der Waals surface area contributed by atoms with Gasteiger partial charge in [-0.1, -0.05) is 5.11 Å². The predicted molar refractivity (Wildman–Crippen MR) is 69.0 cm³/mol. The summed E-state index contributed by atoms with van der Waals surface area (Å²) in [5.41, 5.74) is 8.01. The zero-order chi connectivity index (χ0) is 14.0. The Labute approximate surface area is 113 Å². The maximum atomic E-state index is 8.51. The largest absolute Gasteiger partial charge is 0.396 e. The van der Waals surface area contributed by atoms with E-state index < -0.39 is 0 Å². The van der Waals surface area contributed by atoms with E-state index in [-0.39, 0.29) is 6.61 Å². The minimum Gasteiger partial charge on any atom is -0.396 e. The average Bonchev–Trinajstić information content (AvgIpc) is 2.43. The SMILES string of the molecule is [N-]=[N+]=NCCOCCOCCOCCOCCCO. The van der Waals surface area contributed by atoms with Crippen molar-refractivity contribution in [3.63, 3.8) is 0 Å². The van der Waals surface area contributed by atoms with Gasteiger partial charge in [0.05, 0.1) is 46.2 Å². The summed E-state index contributed by atoms with van der Waals surface area (Å²) in [6, 6.07) is 0. The lowest BCUT2D eigenvalue weighted by Gasteiger charge is -2.06. The molecule has 0 aliphatic rings. The summed E-state index contributed by atoms with van der Waals surface area (Å²) in [4.78, 5) is 2.61. The molecule has 1 N–H and O–H groups in total. The number of aliphatic hydroxyl groups is 1. The number of azide groups is 1. The molecule has 0 radical (unpaired) electrons. The van der Waals surface area contributed by atoms with Crippen LogP contribution in [0.3, 0.4) is 0 Å². The Morgan fingerprint density at radius 1 is 0.789 bits per heavy atom. The van der Waals surface area contributed by atoms with E-state index in [2.05, 4.69) is 10.0 Å². The molecule has 112 valence electrons. The summed E-state index contributed by atoms with van der Waals surface area (Å²) in [7, 11) is 0. The molecule has 0 saturated heterocycles. The molecular weight excluding hydrogens is 254 g/mol. The summed E-state index contributed by atoms with van der Waals surface area (Å²) in [6.45, 7) is 4.52. The molecule has 0 aliphatic carbocycles. The Balaban J connectivity index is 2.93. The molecule has 0 aliphatic heterocycles. The highest BCUT2D eigenvalue weighted by molar-refractivity contribution is 4.44. The Morgan fingerprint density at radius 3 is 1.74 bits per heavy atom. The van der Waals surface area contributed by atoms with Crippen molar-refractivity contribution in [1.29, 1.82) is 0 Å². The van der Waals surface area contributed by atoms with E-state index >= 15 is 0 Å². The van der Waals surface area contributed by atoms with Crippen LogP contribution in [0.25, 0.3) is 10.4 Å². The number of hydrogen-bond acceptors (Lipinski definition) is 6. The molecule has 0 unspecified atom stereocenters. The summed E-state index contributed by atoms with van der Waals surface area (Å²) >= 11 is 0. The van der Waals surface area contributed by atoms with Crippen molar-refractivity contribution in [3.05, 3.63) is 10.4 Å². The molecule has 0 atom stereocenters. The van der Waals surface area contributed by atoms with E-state index in [4.69, 9.17) is 29.6 Å². The van der Waals surface area contributed by atoms with Gasteiger partial charge in [-0.3, -0.25) is 0 Å². The maximum absolute atomic E-state index is 8.51. The smallest absolute Gasteiger partial charge is 0.0701 e. The zero-order valence-electron chi connectivity index (χ0n) is 11.2. The lowest BCUT2D eigenvalue weighted by molar-refractivity contribution is -0.00216. The van der Waals surface area contributed by atoms with Gasteiger partial charge in [-0.25, -0.2) is 0 Å². The molecule has 0 bridgehead atoms. The standard InChI is InChI=1S/C11H23N3O5/c12-14-13-2-5-17-7-9-19-11-10-18-8-6-16-4-1-3-15/h15H,1-11H2. The van der Waals surface area contributed by atoms with E-state index in [1.54, 1.807) is 0 Å². The minimum absolute atomic E-state index is 0.152. The van der Waals surface area contributed by atoms with Crippen molar-refractivity contribution in [2.45, 2.75) is 6.42 Å². The van der Waals surface area contributed by atoms with Crippen LogP contribution >= 0.6 is 0 Å². The number of rotatable bonds is 15. The molecule has 0 aromatic carbocycles. The summed E-state index contributed by atoms with van der Waals surface area (Å²) < 4.78 is 20.9. The Morgan fingerprint density at radius 2 is 1.26 bits per heavy atom. The molecule has 0 saturated carbocycles. The van der Waals surface area contributed by atoms with Crippen molar-refractivity contribution in [1.82, 2.24) is 0 Å². The van der Waals surface area contributed by atoms with Crippen LogP contribution in [-0.4, -0.2) is 71.1 Å². The highest BCUT2D eigenvalue weighted by Gasteiger charge is 1.92. The van der Waals surface area contributed by atoms with Crippen LogP contribution in [0.1, 0.15) is 6.42 Å². The van der Waals surface area contributed by atoms with Crippen LogP contribution in [0.5, 0.6) is 0 Å². The van der Waals surface area contributed by atoms with Gasteiger partial charge in [-0.15, -0.1) is 0 Å². The van der Waals surface area contributed by atoms with Gasteiger partial charge in [0.1, 0.15) is 0 Å². The topological polar surface area (TPSA) is 106 Å². The maximum Gasteiger partial charge on any atom is 0.0701 e. The first-order valence-corrected chi connectivity index (χ1v) is 6.34. The highest BCUT2D eigenvalue weighted by atomic mass is 16.6. The summed E-state index contributed by atoms with van der Waals surface area (Å²) in [6.07, 6.45) is 0.656. The van der Waals surface area contributed by atoms with Gasteiger partial charge in [0.2, 0.25) is 0 Å². The Hall–Kier alpha value is -0.890. The second-order valence-electron chi connectivity index (χ2n) is 3.48. The van der Waals surface area contributed by atoms with Crippen molar-refractivity contribution in [2.24, 2.45) is 5.11 Å². The third kappa shape index (κ3) is 17.1. The molecule has 8 heteroatoms. The van der Waals surface area contributed by atoms with Gasteiger partial charge in [0.15, 0.2) is 0 Å². The Bertz CT molecular complexity index is 224. The number of ether oxygens (including phenoxy) is 4. The lowest BCUT2D eigenvalue weighted by atomic mass is 10.5. The van der Waals surface area contributed by atoms with Gasteiger partial charge < -0.3 is 24.1 Å². The molecule has 0 heterocycles.